The first-order chi connectivity index (χ1) is 8.30. The van der Waals surface area contributed by atoms with E-state index >= 15 is 0 Å². The van der Waals surface area contributed by atoms with Crippen molar-refractivity contribution >= 4 is 18.0 Å². The minimum atomic E-state index is 0.0950. The Morgan fingerprint density at radius 2 is 1.65 bits per heavy atom. The zero-order valence-electron chi connectivity index (χ0n) is 10.7. The number of hydrogen-bond donors (Lipinski definition) is 0. The lowest BCUT2D eigenvalue weighted by atomic mass is 9.72. The third kappa shape index (κ3) is 3.27. The number of carbonyl (C=O) groups excluding carboxylic acids is 1. The molecule has 2 heteroatoms. The summed E-state index contributed by atoms with van der Waals surface area (Å²) in [7, 11) is 0. The second-order valence-corrected chi connectivity index (χ2v) is 7.94. The van der Waals surface area contributed by atoms with Crippen LogP contribution in [0.3, 0.4) is 0 Å². The van der Waals surface area contributed by atoms with Gasteiger partial charge in [0.05, 0.1) is 0 Å². The van der Waals surface area contributed by atoms with Gasteiger partial charge in [-0.25, -0.2) is 0 Å². The molecule has 0 heterocycles. The van der Waals surface area contributed by atoms with E-state index in [9.17, 15) is 4.79 Å². The second-order valence-electron chi connectivity index (χ2n) is 6.60. The van der Waals surface area contributed by atoms with Crippen molar-refractivity contribution in [3.05, 3.63) is 0 Å². The summed E-state index contributed by atoms with van der Waals surface area (Å²) in [4.78, 5) is 11.4. The zero-order valence-corrected chi connectivity index (χ0v) is 11.5. The monoisotopic (exact) mass is 252 g/mol. The molecule has 0 atom stereocenters. The molecule has 0 amide bonds. The van der Waals surface area contributed by atoms with Gasteiger partial charge in [0.1, 0.15) is 6.29 Å². The largest absolute Gasteiger partial charge is 0.303 e. The SMILES string of the molecule is O=C[C@]1(CC2CC2)CC[C@H](SCC2CC2)CC1. The highest BCUT2D eigenvalue weighted by Gasteiger charge is 2.40. The van der Waals surface area contributed by atoms with E-state index in [0.717, 1.165) is 17.1 Å². The van der Waals surface area contributed by atoms with Gasteiger partial charge in [-0.1, -0.05) is 12.8 Å². The molecule has 0 saturated heterocycles. The Balaban J connectivity index is 1.45. The van der Waals surface area contributed by atoms with Gasteiger partial charge in [0.25, 0.3) is 0 Å². The quantitative estimate of drug-likeness (QED) is 0.663. The van der Waals surface area contributed by atoms with Crippen molar-refractivity contribution in [2.24, 2.45) is 17.3 Å². The maximum absolute atomic E-state index is 11.4. The summed E-state index contributed by atoms with van der Waals surface area (Å²) in [6.45, 7) is 0. The molecule has 17 heavy (non-hydrogen) atoms. The Hall–Kier alpha value is 0.0200. The topological polar surface area (TPSA) is 17.1 Å². The van der Waals surface area contributed by atoms with Crippen LogP contribution in [-0.4, -0.2) is 17.3 Å². The van der Waals surface area contributed by atoms with Gasteiger partial charge in [-0.05, 0) is 62.5 Å². The summed E-state index contributed by atoms with van der Waals surface area (Å²) in [6, 6.07) is 0. The predicted molar refractivity (Wildman–Crippen MR) is 73.3 cm³/mol. The summed E-state index contributed by atoms with van der Waals surface area (Å²) in [5.41, 5.74) is 0.0950. The van der Waals surface area contributed by atoms with Crippen LogP contribution in [0.2, 0.25) is 0 Å². The molecule has 3 aliphatic carbocycles. The molecular formula is C15H24OS. The third-order valence-corrected chi connectivity index (χ3v) is 6.44. The maximum Gasteiger partial charge on any atom is 0.126 e. The van der Waals surface area contributed by atoms with Gasteiger partial charge in [-0.15, -0.1) is 0 Å². The van der Waals surface area contributed by atoms with Crippen LogP contribution in [0.4, 0.5) is 0 Å². The van der Waals surface area contributed by atoms with Crippen LogP contribution >= 0.6 is 11.8 Å². The molecule has 0 aromatic carbocycles. The molecule has 1 nitrogen and oxygen atoms in total. The van der Waals surface area contributed by atoms with Gasteiger partial charge in [-0.3, -0.25) is 0 Å². The molecule has 3 fully saturated rings. The lowest BCUT2D eigenvalue weighted by Crippen LogP contribution is -2.30. The summed E-state index contributed by atoms with van der Waals surface area (Å²) in [5, 5.41) is 0.864. The molecule has 0 radical (unpaired) electrons. The third-order valence-electron chi connectivity index (χ3n) is 4.84. The Morgan fingerprint density at radius 1 is 1.00 bits per heavy atom. The molecule has 0 aliphatic heterocycles. The van der Waals surface area contributed by atoms with E-state index in [1.165, 1.54) is 69.8 Å². The molecular weight excluding hydrogens is 228 g/mol. The number of aldehydes is 1. The maximum atomic E-state index is 11.4. The smallest absolute Gasteiger partial charge is 0.126 e. The molecule has 0 bridgehead atoms. The molecule has 0 N–H and O–H groups in total. The molecule has 0 spiro atoms. The van der Waals surface area contributed by atoms with Gasteiger partial charge in [0, 0.05) is 10.7 Å². The first kappa shape index (κ1) is 12.1. The molecule has 0 aromatic rings. The molecule has 3 rings (SSSR count). The van der Waals surface area contributed by atoms with Crippen LogP contribution in [0.1, 0.15) is 57.8 Å². The standard InChI is InChI=1S/C15H24OS/c16-11-15(9-12-1-2-12)7-5-14(6-8-15)17-10-13-3-4-13/h11-14H,1-10H2/t14-,15+. The Morgan fingerprint density at radius 3 is 2.18 bits per heavy atom. The Kier molecular flexibility index (Phi) is 3.52. The van der Waals surface area contributed by atoms with Crippen molar-refractivity contribution in [3.63, 3.8) is 0 Å². The van der Waals surface area contributed by atoms with Gasteiger partial charge >= 0.3 is 0 Å². The second kappa shape index (κ2) is 4.95. The highest BCUT2D eigenvalue weighted by molar-refractivity contribution is 7.99. The van der Waals surface area contributed by atoms with Crippen molar-refractivity contribution < 1.29 is 4.79 Å². The average molecular weight is 252 g/mol. The average Bonchev–Trinajstić information content (AvgIpc) is 3.23. The van der Waals surface area contributed by atoms with Crippen molar-refractivity contribution in [2.45, 2.75) is 63.0 Å². The Labute approximate surface area is 109 Å². The van der Waals surface area contributed by atoms with Crippen molar-refractivity contribution in [1.82, 2.24) is 0 Å². The molecule has 3 saturated carbocycles. The highest BCUT2D eigenvalue weighted by atomic mass is 32.2. The van der Waals surface area contributed by atoms with E-state index in [4.69, 9.17) is 0 Å². The highest BCUT2D eigenvalue weighted by Crippen LogP contribution is 2.48. The van der Waals surface area contributed by atoms with Crippen LogP contribution < -0.4 is 0 Å². The summed E-state index contributed by atoms with van der Waals surface area (Å²) in [6.07, 6.45) is 13.2. The lowest BCUT2D eigenvalue weighted by Gasteiger charge is -2.36. The fraction of sp³-hybridized carbons (Fsp3) is 0.933. The number of rotatable bonds is 6. The van der Waals surface area contributed by atoms with Gasteiger partial charge in [0.15, 0.2) is 0 Å². The first-order valence-electron chi connectivity index (χ1n) is 7.38. The fourth-order valence-corrected chi connectivity index (χ4v) is 4.60. The van der Waals surface area contributed by atoms with Crippen molar-refractivity contribution in [1.29, 1.82) is 0 Å². The van der Waals surface area contributed by atoms with Crippen LogP contribution in [0, 0.1) is 17.3 Å². The van der Waals surface area contributed by atoms with E-state index in [2.05, 4.69) is 11.8 Å². The van der Waals surface area contributed by atoms with Crippen LogP contribution in [0.5, 0.6) is 0 Å². The van der Waals surface area contributed by atoms with Crippen LogP contribution in [-0.2, 0) is 4.79 Å². The van der Waals surface area contributed by atoms with Crippen LogP contribution in [0.15, 0.2) is 0 Å². The fourth-order valence-electron chi connectivity index (χ4n) is 3.16. The van der Waals surface area contributed by atoms with E-state index in [0.29, 0.717) is 0 Å². The van der Waals surface area contributed by atoms with E-state index in [1.54, 1.807) is 0 Å². The summed E-state index contributed by atoms with van der Waals surface area (Å²) in [5.74, 6) is 3.33. The van der Waals surface area contributed by atoms with Crippen molar-refractivity contribution in [2.75, 3.05) is 5.75 Å². The minimum absolute atomic E-state index is 0.0950. The van der Waals surface area contributed by atoms with Gasteiger partial charge in [-0.2, -0.15) is 11.8 Å². The molecule has 0 unspecified atom stereocenters. The number of carbonyl (C=O) groups is 1. The first-order valence-corrected chi connectivity index (χ1v) is 8.42. The minimum Gasteiger partial charge on any atom is -0.303 e. The normalized spacial score (nSPS) is 38.0. The van der Waals surface area contributed by atoms with Crippen LogP contribution in [0.25, 0.3) is 0 Å². The molecule has 96 valence electrons. The molecule has 3 aliphatic rings. The summed E-state index contributed by atoms with van der Waals surface area (Å²) < 4.78 is 0. The summed E-state index contributed by atoms with van der Waals surface area (Å²) >= 11 is 2.20. The predicted octanol–water partition coefficient (Wildman–Crippen LogP) is 4.06. The zero-order chi connectivity index (χ0) is 11.7. The van der Waals surface area contributed by atoms with Gasteiger partial charge in [0.2, 0.25) is 0 Å². The van der Waals surface area contributed by atoms with Crippen molar-refractivity contribution in [3.8, 4) is 0 Å². The Bertz CT molecular complexity index is 273. The number of hydrogen-bond acceptors (Lipinski definition) is 2. The van der Waals surface area contributed by atoms with E-state index in [-0.39, 0.29) is 5.41 Å². The molecule has 0 aromatic heterocycles. The lowest BCUT2D eigenvalue weighted by molar-refractivity contribution is -0.118. The van der Waals surface area contributed by atoms with E-state index in [1.807, 2.05) is 0 Å². The van der Waals surface area contributed by atoms with Gasteiger partial charge < -0.3 is 4.79 Å². The number of thioether (sulfide) groups is 1. The van der Waals surface area contributed by atoms with E-state index < -0.39 is 0 Å².